The Labute approximate surface area is 243 Å². The number of anilines is 1. The Morgan fingerprint density at radius 2 is 1.62 bits per heavy atom. The van der Waals surface area contributed by atoms with E-state index < -0.39 is 15.9 Å². The van der Waals surface area contributed by atoms with E-state index in [0.29, 0.717) is 19.4 Å². The summed E-state index contributed by atoms with van der Waals surface area (Å²) in [5.74, 6) is -0.653. The van der Waals surface area contributed by atoms with Gasteiger partial charge in [0.2, 0.25) is 11.8 Å². The van der Waals surface area contributed by atoms with Gasteiger partial charge >= 0.3 is 0 Å². The predicted octanol–water partition coefficient (Wildman–Crippen LogP) is 2.75. The number of hydrogen-bond donors (Lipinski definition) is 2. The molecule has 1 unspecified atom stereocenters. The number of rotatable bonds is 8. The van der Waals surface area contributed by atoms with Crippen molar-refractivity contribution in [1.82, 2.24) is 20.5 Å². The maximum Gasteiger partial charge on any atom is 0.246 e. The van der Waals surface area contributed by atoms with Gasteiger partial charge in [0.1, 0.15) is 6.04 Å². The number of nitrogens with one attached hydrogen (secondary N) is 2. The van der Waals surface area contributed by atoms with Crippen LogP contribution < -0.4 is 15.5 Å². The summed E-state index contributed by atoms with van der Waals surface area (Å²) in [6.45, 7) is 2.59. The molecule has 3 aromatic rings. The maximum absolute atomic E-state index is 13.5. The maximum atomic E-state index is 13.5. The number of amides is 2. The average Bonchev–Trinajstić information content (AvgIpc) is 2.97. The van der Waals surface area contributed by atoms with Gasteiger partial charge in [-0.3, -0.25) is 14.6 Å². The van der Waals surface area contributed by atoms with E-state index >= 15 is 0 Å². The standard InChI is InChI=1S/C29H34BrN5O4S/c30-25-4-3-23-17-21(1-2-24(23)18-25)19-32-20-27(29(37)35-13-15-40(38,39)16-14-35)33-28(36)22-7-11-34(12-8-22)26-5-9-31-10-6-26/h1-6,9-10,17-18,22,27,32H,7-8,11-16,19-20H2,(H,33,36). The molecule has 212 valence electrons. The summed E-state index contributed by atoms with van der Waals surface area (Å²) < 4.78 is 24.8. The van der Waals surface area contributed by atoms with E-state index in [-0.39, 0.29) is 48.9 Å². The summed E-state index contributed by atoms with van der Waals surface area (Å²) in [5, 5.41) is 8.61. The SMILES string of the molecule is O=C(NC(CNCc1ccc2cc(Br)ccc2c1)C(=O)N1CCS(=O)(=O)CC1)C1CCN(c2ccncc2)CC1. The minimum absolute atomic E-state index is 0.0481. The van der Waals surface area contributed by atoms with Gasteiger partial charge in [-0.25, -0.2) is 8.42 Å². The molecule has 0 aliphatic carbocycles. The number of pyridine rings is 1. The van der Waals surface area contributed by atoms with Crippen molar-refractivity contribution in [2.75, 3.05) is 49.1 Å². The lowest BCUT2D eigenvalue weighted by Crippen LogP contribution is -2.57. The molecule has 0 radical (unpaired) electrons. The lowest BCUT2D eigenvalue weighted by Gasteiger charge is -2.34. The summed E-state index contributed by atoms with van der Waals surface area (Å²) in [7, 11) is -3.13. The number of carbonyl (C=O) groups excluding carboxylic acids is 2. The van der Waals surface area contributed by atoms with Crippen molar-refractivity contribution in [3.63, 3.8) is 0 Å². The lowest BCUT2D eigenvalue weighted by atomic mass is 9.95. The van der Waals surface area contributed by atoms with Gasteiger partial charge < -0.3 is 20.4 Å². The first-order valence-corrected chi connectivity index (χ1v) is 16.2. The number of aromatic nitrogens is 1. The molecule has 2 N–H and O–H groups in total. The summed E-state index contributed by atoms with van der Waals surface area (Å²) in [6.07, 6.45) is 4.91. The molecule has 40 heavy (non-hydrogen) atoms. The van der Waals surface area contributed by atoms with Crippen LogP contribution in [-0.4, -0.2) is 80.4 Å². The summed E-state index contributed by atoms with van der Waals surface area (Å²) in [4.78, 5) is 34.7. The molecule has 2 fully saturated rings. The molecule has 9 nitrogen and oxygen atoms in total. The smallest absolute Gasteiger partial charge is 0.246 e. The molecule has 2 aliphatic rings. The van der Waals surface area contributed by atoms with Gasteiger partial charge in [0, 0.05) is 67.7 Å². The van der Waals surface area contributed by atoms with Gasteiger partial charge in [-0.2, -0.15) is 0 Å². The molecule has 2 aliphatic heterocycles. The second kappa shape index (κ2) is 12.7. The summed E-state index contributed by atoms with van der Waals surface area (Å²) in [5.41, 5.74) is 2.16. The van der Waals surface area contributed by atoms with E-state index in [1.807, 2.05) is 24.3 Å². The highest BCUT2D eigenvalue weighted by Gasteiger charge is 2.33. The molecule has 0 saturated carbocycles. The quantitative estimate of drug-likeness (QED) is 0.395. The van der Waals surface area contributed by atoms with Crippen molar-refractivity contribution < 1.29 is 18.0 Å². The zero-order chi connectivity index (χ0) is 28.1. The fourth-order valence-electron chi connectivity index (χ4n) is 5.33. The molecule has 5 rings (SSSR count). The van der Waals surface area contributed by atoms with Crippen LogP contribution in [0.3, 0.4) is 0 Å². The van der Waals surface area contributed by atoms with Gasteiger partial charge in [0.15, 0.2) is 9.84 Å². The van der Waals surface area contributed by atoms with Gasteiger partial charge in [0.25, 0.3) is 0 Å². The van der Waals surface area contributed by atoms with Crippen LogP contribution in [0.15, 0.2) is 65.4 Å². The third-order valence-electron chi connectivity index (χ3n) is 7.71. The first-order valence-electron chi connectivity index (χ1n) is 13.6. The third kappa shape index (κ3) is 7.18. The first kappa shape index (κ1) is 28.5. The monoisotopic (exact) mass is 627 g/mol. The number of fused-ring (bicyclic) bond motifs is 1. The molecule has 2 saturated heterocycles. The van der Waals surface area contributed by atoms with Gasteiger partial charge in [0.05, 0.1) is 11.5 Å². The van der Waals surface area contributed by atoms with Crippen molar-refractivity contribution in [2.24, 2.45) is 5.92 Å². The molecular weight excluding hydrogens is 594 g/mol. The number of halogens is 1. The highest BCUT2D eigenvalue weighted by atomic mass is 79.9. The van der Waals surface area contributed by atoms with E-state index in [4.69, 9.17) is 0 Å². The molecule has 2 aromatic carbocycles. The normalized spacial score (nSPS) is 18.4. The number of hydrogen-bond acceptors (Lipinski definition) is 7. The highest BCUT2D eigenvalue weighted by molar-refractivity contribution is 9.10. The summed E-state index contributed by atoms with van der Waals surface area (Å²) >= 11 is 3.50. The Balaban J connectivity index is 1.21. The Hall–Kier alpha value is -3.02. The fourth-order valence-corrected chi connectivity index (χ4v) is 6.91. The Kier molecular flexibility index (Phi) is 9.02. The van der Waals surface area contributed by atoms with E-state index in [1.54, 1.807) is 17.3 Å². The molecule has 0 spiro atoms. The molecule has 3 heterocycles. The van der Waals surface area contributed by atoms with Crippen LogP contribution in [0, 0.1) is 5.92 Å². The Bertz CT molecular complexity index is 1450. The molecule has 2 amide bonds. The van der Waals surface area contributed by atoms with Crippen LogP contribution in [0.1, 0.15) is 18.4 Å². The number of nitrogens with zero attached hydrogens (tertiary/aromatic N) is 3. The zero-order valence-electron chi connectivity index (χ0n) is 22.3. The van der Waals surface area contributed by atoms with Gasteiger partial charge in [-0.1, -0.05) is 34.1 Å². The summed E-state index contributed by atoms with van der Waals surface area (Å²) in [6, 6.07) is 15.5. The topological polar surface area (TPSA) is 112 Å². The fraction of sp³-hybridized carbons (Fsp3) is 0.414. The van der Waals surface area contributed by atoms with Crippen molar-refractivity contribution in [3.05, 3.63) is 71.0 Å². The van der Waals surface area contributed by atoms with Crippen molar-refractivity contribution >= 4 is 54.0 Å². The average molecular weight is 629 g/mol. The lowest BCUT2D eigenvalue weighted by molar-refractivity contribution is -0.137. The second-order valence-corrected chi connectivity index (χ2v) is 13.7. The second-order valence-electron chi connectivity index (χ2n) is 10.5. The highest BCUT2D eigenvalue weighted by Crippen LogP contribution is 2.23. The van der Waals surface area contributed by atoms with Crippen LogP contribution in [0.5, 0.6) is 0 Å². The molecule has 1 aromatic heterocycles. The minimum atomic E-state index is -3.13. The Morgan fingerprint density at radius 1 is 0.950 bits per heavy atom. The number of sulfone groups is 1. The number of carbonyl (C=O) groups is 2. The van der Waals surface area contributed by atoms with Crippen molar-refractivity contribution in [2.45, 2.75) is 25.4 Å². The number of benzene rings is 2. The van der Waals surface area contributed by atoms with E-state index in [2.05, 4.69) is 60.7 Å². The van der Waals surface area contributed by atoms with Crippen LogP contribution >= 0.6 is 15.9 Å². The molecule has 11 heteroatoms. The van der Waals surface area contributed by atoms with Crippen LogP contribution in [-0.2, 0) is 26.0 Å². The largest absolute Gasteiger partial charge is 0.371 e. The molecular formula is C29H34BrN5O4S. The molecule has 0 bridgehead atoms. The zero-order valence-corrected chi connectivity index (χ0v) is 24.7. The van der Waals surface area contributed by atoms with Gasteiger partial charge in [-0.05, 0) is 59.5 Å². The first-order chi connectivity index (χ1) is 19.3. The van der Waals surface area contributed by atoms with E-state index in [0.717, 1.165) is 39.6 Å². The van der Waals surface area contributed by atoms with Crippen molar-refractivity contribution in [1.29, 1.82) is 0 Å². The predicted molar refractivity (Wildman–Crippen MR) is 160 cm³/mol. The van der Waals surface area contributed by atoms with E-state index in [1.165, 1.54) is 0 Å². The van der Waals surface area contributed by atoms with Crippen LogP contribution in [0.4, 0.5) is 5.69 Å². The van der Waals surface area contributed by atoms with Crippen LogP contribution in [0.2, 0.25) is 0 Å². The van der Waals surface area contributed by atoms with E-state index in [9.17, 15) is 18.0 Å². The number of piperidine rings is 1. The minimum Gasteiger partial charge on any atom is -0.371 e. The van der Waals surface area contributed by atoms with Gasteiger partial charge in [-0.15, -0.1) is 0 Å². The third-order valence-corrected chi connectivity index (χ3v) is 9.81. The van der Waals surface area contributed by atoms with Crippen molar-refractivity contribution in [3.8, 4) is 0 Å². The van der Waals surface area contributed by atoms with Crippen LogP contribution in [0.25, 0.3) is 10.8 Å². The molecule has 1 atom stereocenters. The Morgan fingerprint density at radius 3 is 2.35 bits per heavy atom.